The molecule has 1 fully saturated rings. The van der Waals surface area contributed by atoms with Crippen molar-refractivity contribution in [1.82, 2.24) is 10.2 Å². The zero-order chi connectivity index (χ0) is 19.6. The van der Waals surface area contributed by atoms with E-state index in [1.54, 1.807) is 29.2 Å². The van der Waals surface area contributed by atoms with Crippen LogP contribution >= 0.6 is 0 Å². The third-order valence-electron chi connectivity index (χ3n) is 4.47. The number of carbonyl (C=O) groups excluding carboxylic acids is 1. The number of aryl methyl sites for hydroxylation is 1. The van der Waals surface area contributed by atoms with E-state index in [2.05, 4.69) is 10.0 Å². The Balaban J connectivity index is 1.74. The van der Waals surface area contributed by atoms with E-state index in [0.29, 0.717) is 29.9 Å². The quantitative estimate of drug-likeness (QED) is 0.839. The van der Waals surface area contributed by atoms with Crippen LogP contribution in [0.4, 0.5) is 10.1 Å². The average molecular weight is 391 g/mol. The van der Waals surface area contributed by atoms with Crippen LogP contribution in [-0.4, -0.2) is 44.9 Å². The normalized spacial score (nSPS) is 17.6. The van der Waals surface area contributed by atoms with Crippen LogP contribution in [0.3, 0.4) is 0 Å². The summed E-state index contributed by atoms with van der Waals surface area (Å²) < 4.78 is 40.7. The van der Waals surface area contributed by atoms with Crippen LogP contribution in [0.25, 0.3) is 0 Å². The average Bonchev–Trinajstić information content (AvgIpc) is 2.61. The molecule has 1 atom stereocenters. The van der Waals surface area contributed by atoms with Crippen molar-refractivity contribution in [2.45, 2.75) is 24.8 Å². The molecule has 1 unspecified atom stereocenters. The summed E-state index contributed by atoms with van der Waals surface area (Å²) >= 11 is 0. The number of nitrogens with zero attached hydrogens (tertiary/aromatic N) is 1. The SMILES string of the molecule is Cc1cc(F)ccc1S(=O)(=O)Nc1ccc(C(=O)N2CCNC(C)C2)cc1. The molecule has 1 heterocycles. The molecule has 1 aliphatic heterocycles. The number of rotatable bonds is 4. The fourth-order valence-corrected chi connectivity index (χ4v) is 4.39. The lowest BCUT2D eigenvalue weighted by molar-refractivity contribution is 0.0709. The van der Waals surface area contributed by atoms with Crippen LogP contribution in [0, 0.1) is 12.7 Å². The van der Waals surface area contributed by atoms with Crippen LogP contribution < -0.4 is 10.0 Å². The first kappa shape index (κ1) is 19.3. The van der Waals surface area contributed by atoms with Gasteiger partial charge in [-0.3, -0.25) is 9.52 Å². The number of hydrogen-bond acceptors (Lipinski definition) is 4. The number of hydrogen-bond donors (Lipinski definition) is 2. The molecule has 3 rings (SSSR count). The number of anilines is 1. The second-order valence-electron chi connectivity index (χ2n) is 6.70. The smallest absolute Gasteiger partial charge is 0.262 e. The van der Waals surface area contributed by atoms with Crippen LogP contribution in [0.15, 0.2) is 47.4 Å². The van der Waals surface area contributed by atoms with E-state index in [1.807, 2.05) is 6.92 Å². The Kier molecular flexibility index (Phi) is 5.48. The number of nitrogens with one attached hydrogen (secondary N) is 2. The molecule has 1 saturated heterocycles. The molecule has 144 valence electrons. The Bertz CT molecular complexity index is 945. The standard InChI is InChI=1S/C19H22FN3O3S/c1-13-11-16(20)5-8-18(13)27(25,26)22-17-6-3-15(4-7-17)19(24)23-10-9-21-14(2)12-23/h3-8,11,14,21-22H,9-10,12H2,1-2H3. The summed E-state index contributed by atoms with van der Waals surface area (Å²) in [5, 5.41) is 3.28. The van der Waals surface area contributed by atoms with Gasteiger partial charge in [-0.05, 0) is 61.9 Å². The van der Waals surface area contributed by atoms with Crippen molar-refractivity contribution >= 4 is 21.6 Å². The van der Waals surface area contributed by atoms with Gasteiger partial charge in [-0.2, -0.15) is 0 Å². The Hall–Kier alpha value is -2.45. The summed E-state index contributed by atoms with van der Waals surface area (Å²) in [5.74, 6) is -0.566. The molecule has 0 spiro atoms. The molecule has 0 saturated carbocycles. The highest BCUT2D eigenvalue weighted by Gasteiger charge is 2.22. The highest BCUT2D eigenvalue weighted by atomic mass is 32.2. The summed E-state index contributed by atoms with van der Waals surface area (Å²) in [6.45, 7) is 5.59. The Morgan fingerprint density at radius 3 is 2.56 bits per heavy atom. The number of amides is 1. The molecule has 6 nitrogen and oxygen atoms in total. The van der Waals surface area contributed by atoms with Gasteiger partial charge in [0.2, 0.25) is 0 Å². The molecule has 2 aromatic carbocycles. The lowest BCUT2D eigenvalue weighted by atomic mass is 10.1. The minimum absolute atomic E-state index is 0.0128. The van der Waals surface area contributed by atoms with Crippen molar-refractivity contribution < 1.29 is 17.6 Å². The van der Waals surface area contributed by atoms with Gasteiger partial charge < -0.3 is 10.2 Å². The fraction of sp³-hybridized carbons (Fsp3) is 0.316. The van der Waals surface area contributed by atoms with Gasteiger partial charge in [-0.15, -0.1) is 0 Å². The molecule has 27 heavy (non-hydrogen) atoms. The molecule has 8 heteroatoms. The van der Waals surface area contributed by atoms with Crippen molar-refractivity contribution in [3.8, 4) is 0 Å². The number of benzene rings is 2. The molecular formula is C19H22FN3O3S. The van der Waals surface area contributed by atoms with E-state index in [9.17, 15) is 17.6 Å². The minimum atomic E-state index is -3.84. The van der Waals surface area contributed by atoms with Gasteiger partial charge in [0.15, 0.2) is 0 Å². The maximum absolute atomic E-state index is 13.2. The largest absolute Gasteiger partial charge is 0.336 e. The molecule has 0 bridgehead atoms. The molecule has 0 radical (unpaired) electrons. The summed E-state index contributed by atoms with van der Waals surface area (Å²) in [5.41, 5.74) is 1.16. The van der Waals surface area contributed by atoms with E-state index < -0.39 is 15.8 Å². The van der Waals surface area contributed by atoms with E-state index >= 15 is 0 Å². The second kappa shape index (κ2) is 7.66. The Morgan fingerprint density at radius 2 is 1.93 bits per heavy atom. The molecule has 2 N–H and O–H groups in total. The number of piperazine rings is 1. The van der Waals surface area contributed by atoms with Crippen LogP contribution in [0.1, 0.15) is 22.8 Å². The lowest BCUT2D eigenvalue weighted by Crippen LogP contribution is -2.51. The summed E-state index contributed by atoms with van der Waals surface area (Å²) in [4.78, 5) is 14.4. The monoisotopic (exact) mass is 391 g/mol. The van der Waals surface area contributed by atoms with E-state index in [4.69, 9.17) is 0 Å². The number of halogens is 1. The van der Waals surface area contributed by atoms with Crippen molar-refractivity contribution in [3.05, 3.63) is 59.4 Å². The zero-order valence-corrected chi connectivity index (χ0v) is 16.0. The number of sulfonamides is 1. The van der Waals surface area contributed by atoms with E-state index in [-0.39, 0.29) is 16.8 Å². The van der Waals surface area contributed by atoms with Crippen LogP contribution in [-0.2, 0) is 10.0 Å². The van der Waals surface area contributed by atoms with Gasteiger partial charge in [0.1, 0.15) is 5.82 Å². The van der Waals surface area contributed by atoms with Crippen molar-refractivity contribution in [3.63, 3.8) is 0 Å². The van der Waals surface area contributed by atoms with Gasteiger partial charge in [0.25, 0.3) is 15.9 Å². The topological polar surface area (TPSA) is 78.5 Å². The molecule has 1 amide bonds. The van der Waals surface area contributed by atoms with Gasteiger partial charge in [0.05, 0.1) is 4.90 Å². The van der Waals surface area contributed by atoms with Crippen molar-refractivity contribution in [1.29, 1.82) is 0 Å². The zero-order valence-electron chi connectivity index (χ0n) is 15.2. The van der Waals surface area contributed by atoms with Gasteiger partial charge in [0, 0.05) is 36.9 Å². The van der Waals surface area contributed by atoms with Gasteiger partial charge >= 0.3 is 0 Å². The third kappa shape index (κ3) is 4.45. The van der Waals surface area contributed by atoms with E-state index in [0.717, 1.165) is 12.6 Å². The van der Waals surface area contributed by atoms with Gasteiger partial charge in [-0.1, -0.05) is 0 Å². The highest BCUT2D eigenvalue weighted by molar-refractivity contribution is 7.92. The van der Waals surface area contributed by atoms with Gasteiger partial charge in [-0.25, -0.2) is 12.8 Å². The second-order valence-corrected chi connectivity index (χ2v) is 8.35. The Morgan fingerprint density at radius 1 is 1.22 bits per heavy atom. The molecule has 0 aromatic heterocycles. The van der Waals surface area contributed by atoms with Crippen molar-refractivity contribution in [2.75, 3.05) is 24.4 Å². The minimum Gasteiger partial charge on any atom is -0.336 e. The molecule has 0 aliphatic carbocycles. The fourth-order valence-electron chi connectivity index (χ4n) is 3.10. The van der Waals surface area contributed by atoms with Crippen LogP contribution in [0.2, 0.25) is 0 Å². The third-order valence-corrected chi connectivity index (χ3v) is 6.01. The predicted octanol–water partition coefficient (Wildman–Crippen LogP) is 2.37. The summed E-state index contributed by atoms with van der Waals surface area (Å²) in [6, 6.07) is 10.1. The highest BCUT2D eigenvalue weighted by Crippen LogP contribution is 2.21. The predicted molar refractivity (Wildman–Crippen MR) is 102 cm³/mol. The molecule has 2 aromatic rings. The maximum Gasteiger partial charge on any atom is 0.262 e. The summed E-state index contributed by atoms with van der Waals surface area (Å²) in [7, 11) is -3.84. The maximum atomic E-state index is 13.2. The van der Waals surface area contributed by atoms with Crippen LogP contribution in [0.5, 0.6) is 0 Å². The summed E-state index contributed by atoms with van der Waals surface area (Å²) in [6.07, 6.45) is 0. The lowest BCUT2D eigenvalue weighted by Gasteiger charge is -2.32. The first-order chi connectivity index (χ1) is 12.8. The first-order valence-electron chi connectivity index (χ1n) is 8.68. The molecular weight excluding hydrogens is 369 g/mol. The first-order valence-corrected chi connectivity index (χ1v) is 10.2. The van der Waals surface area contributed by atoms with E-state index in [1.165, 1.54) is 19.1 Å². The Labute approximate surface area is 158 Å². The number of carbonyl (C=O) groups is 1. The van der Waals surface area contributed by atoms with Crippen molar-refractivity contribution in [2.24, 2.45) is 0 Å². The molecule has 1 aliphatic rings.